The second-order valence-corrected chi connectivity index (χ2v) is 2.86. The Hall–Kier alpha value is -1.62. The molecule has 0 fully saturated rings. The molecule has 1 aromatic carbocycles. The highest BCUT2D eigenvalue weighted by atomic mass is 16.6. The Morgan fingerprint density at radius 3 is 2.71 bits per heavy atom. The van der Waals surface area contributed by atoms with Crippen LogP contribution in [-0.4, -0.2) is 21.7 Å². The van der Waals surface area contributed by atoms with Crippen molar-refractivity contribution in [3.8, 4) is 5.75 Å². The van der Waals surface area contributed by atoms with E-state index in [0.29, 0.717) is 12.8 Å². The minimum absolute atomic E-state index is 0.0501. The van der Waals surface area contributed by atoms with E-state index in [1.165, 1.54) is 18.2 Å². The van der Waals surface area contributed by atoms with Crippen LogP contribution in [0.4, 0.5) is 5.69 Å². The van der Waals surface area contributed by atoms with E-state index in [4.69, 9.17) is 5.11 Å². The van der Waals surface area contributed by atoms with Gasteiger partial charge in [-0.25, -0.2) is 0 Å². The molecule has 76 valence electrons. The number of rotatable bonds is 4. The zero-order valence-corrected chi connectivity index (χ0v) is 7.51. The third-order valence-corrected chi connectivity index (χ3v) is 1.91. The molecule has 2 N–H and O–H groups in total. The number of hydrogen-bond acceptors (Lipinski definition) is 4. The van der Waals surface area contributed by atoms with Crippen LogP contribution in [-0.2, 0) is 6.42 Å². The van der Waals surface area contributed by atoms with Gasteiger partial charge in [-0.1, -0.05) is 6.07 Å². The number of hydrogen-bond donors (Lipinski definition) is 2. The van der Waals surface area contributed by atoms with E-state index >= 15 is 0 Å². The van der Waals surface area contributed by atoms with Crippen molar-refractivity contribution in [1.82, 2.24) is 0 Å². The molecule has 0 spiro atoms. The Balaban J connectivity index is 3.02. The molecule has 0 aliphatic carbocycles. The van der Waals surface area contributed by atoms with Gasteiger partial charge in [0.2, 0.25) is 0 Å². The summed E-state index contributed by atoms with van der Waals surface area (Å²) in [5, 5.41) is 28.5. The molecular formula is C9H11NO4. The van der Waals surface area contributed by atoms with Crippen molar-refractivity contribution in [2.24, 2.45) is 0 Å². The fourth-order valence-electron chi connectivity index (χ4n) is 1.25. The topological polar surface area (TPSA) is 83.6 Å². The van der Waals surface area contributed by atoms with Gasteiger partial charge in [-0.15, -0.1) is 0 Å². The summed E-state index contributed by atoms with van der Waals surface area (Å²) in [6.45, 7) is -0.0501. The molecule has 0 unspecified atom stereocenters. The van der Waals surface area contributed by atoms with Crippen LogP contribution in [0.5, 0.6) is 5.75 Å². The molecule has 1 aromatic rings. The first-order chi connectivity index (χ1) is 6.66. The van der Waals surface area contributed by atoms with Crippen LogP contribution in [0.15, 0.2) is 18.2 Å². The molecule has 0 heterocycles. The lowest BCUT2D eigenvalue weighted by molar-refractivity contribution is -0.385. The van der Waals surface area contributed by atoms with Gasteiger partial charge in [0.05, 0.1) is 10.5 Å². The number of phenols is 1. The molecule has 0 aliphatic heterocycles. The maximum absolute atomic E-state index is 10.6. The number of nitro groups is 1. The number of benzene rings is 1. The molecule has 0 saturated heterocycles. The van der Waals surface area contributed by atoms with Gasteiger partial charge in [0.25, 0.3) is 5.69 Å². The Morgan fingerprint density at radius 1 is 1.43 bits per heavy atom. The fraction of sp³-hybridized carbons (Fsp3) is 0.333. The van der Waals surface area contributed by atoms with E-state index in [1.54, 1.807) is 0 Å². The van der Waals surface area contributed by atoms with E-state index in [9.17, 15) is 15.2 Å². The summed E-state index contributed by atoms with van der Waals surface area (Å²) >= 11 is 0. The maximum atomic E-state index is 10.6. The van der Waals surface area contributed by atoms with Crippen molar-refractivity contribution < 1.29 is 15.1 Å². The Labute approximate surface area is 80.8 Å². The molecule has 0 radical (unpaired) electrons. The van der Waals surface area contributed by atoms with E-state index in [0.717, 1.165) is 0 Å². The molecule has 0 amide bonds. The lowest BCUT2D eigenvalue weighted by Gasteiger charge is -2.03. The van der Waals surface area contributed by atoms with Crippen LogP contribution in [0.3, 0.4) is 0 Å². The largest absolute Gasteiger partial charge is 0.507 e. The van der Waals surface area contributed by atoms with Gasteiger partial charge in [-0.2, -0.15) is 0 Å². The highest BCUT2D eigenvalue weighted by Crippen LogP contribution is 2.28. The highest BCUT2D eigenvalue weighted by molar-refractivity contribution is 5.48. The quantitative estimate of drug-likeness (QED) is 0.561. The molecule has 0 aliphatic rings. The van der Waals surface area contributed by atoms with Gasteiger partial charge < -0.3 is 10.2 Å². The molecule has 14 heavy (non-hydrogen) atoms. The number of phenolic OH excluding ortho intramolecular Hbond substituents is 1. The summed E-state index contributed by atoms with van der Waals surface area (Å²) in [6.07, 6.45) is 0.706. The fourth-order valence-corrected chi connectivity index (χ4v) is 1.25. The summed E-state index contributed by atoms with van der Waals surface area (Å²) in [7, 11) is 0. The normalized spacial score (nSPS) is 10.1. The Kier molecular flexibility index (Phi) is 3.41. The van der Waals surface area contributed by atoms with Gasteiger partial charge in [0.15, 0.2) is 0 Å². The summed E-state index contributed by atoms with van der Waals surface area (Å²) in [6, 6.07) is 4.17. The Morgan fingerprint density at radius 2 is 2.14 bits per heavy atom. The summed E-state index contributed by atoms with van der Waals surface area (Å²) in [5.74, 6) is -0.0901. The van der Waals surface area contributed by atoms with Crippen molar-refractivity contribution >= 4 is 5.69 Å². The van der Waals surface area contributed by atoms with Gasteiger partial charge in [-0.05, 0) is 18.9 Å². The highest BCUT2D eigenvalue weighted by Gasteiger charge is 2.16. The monoisotopic (exact) mass is 197 g/mol. The lowest BCUT2D eigenvalue weighted by Crippen LogP contribution is -1.97. The predicted molar refractivity (Wildman–Crippen MR) is 50.2 cm³/mol. The number of aliphatic hydroxyl groups is 1. The van der Waals surface area contributed by atoms with Gasteiger partial charge in [0.1, 0.15) is 5.75 Å². The molecule has 0 bridgehead atoms. The van der Waals surface area contributed by atoms with Crippen LogP contribution < -0.4 is 0 Å². The Bertz CT molecular complexity index is 338. The van der Waals surface area contributed by atoms with Crippen LogP contribution in [0, 0.1) is 10.1 Å². The number of aliphatic hydroxyl groups excluding tert-OH is 1. The standard InChI is InChI=1S/C9H11NO4/c11-6-2-3-7-8(10(13)14)4-1-5-9(7)12/h1,4-5,11-12H,2-3,6H2. The number of nitro benzene ring substituents is 1. The minimum Gasteiger partial charge on any atom is -0.507 e. The lowest BCUT2D eigenvalue weighted by atomic mass is 10.1. The molecular weight excluding hydrogens is 186 g/mol. The van der Waals surface area contributed by atoms with E-state index in [2.05, 4.69) is 0 Å². The van der Waals surface area contributed by atoms with Crippen LogP contribution in [0.2, 0.25) is 0 Å². The predicted octanol–water partition coefficient (Wildman–Crippen LogP) is 1.23. The van der Waals surface area contributed by atoms with Crippen molar-refractivity contribution in [1.29, 1.82) is 0 Å². The summed E-state index contributed by atoms with van der Waals surface area (Å²) in [4.78, 5) is 10.0. The molecule has 5 nitrogen and oxygen atoms in total. The number of aromatic hydroxyl groups is 1. The average Bonchev–Trinajstić information content (AvgIpc) is 2.15. The van der Waals surface area contributed by atoms with Crippen molar-refractivity contribution in [2.75, 3.05) is 6.61 Å². The van der Waals surface area contributed by atoms with Crippen LogP contribution in [0.25, 0.3) is 0 Å². The van der Waals surface area contributed by atoms with E-state index in [1.807, 2.05) is 0 Å². The first-order valence-corrected chi connectivity index (χ1v) is 4.23. The third-order valence-electron chi connectivity index (χ3n) is 1.91. The van der Waals surface area contributed by atoms with Crippen LogP contribution >= 0.6 is 0 Å². The summed E-state index contributed by atoms with van der Waals surface area (Å²) < 4.78 is 0. The molecule has 5 heteroatoms. The SMILES string of the molecule is O=[N+]([O-])c1cccc(O)c1CCCO. The van der Waals surface area contributed by atoms with Gasteiger partial charge in [0, 0.05) is 12.7 Å². The van der Waals surface area contributed by atoms with Gasteiger partial charge in [-0.3, -0.25) is 10.1 Å². The van der Waals surface area contributed by atoms with Crippen molar-refractivity contribution in [3.63, 3.8) is 0 Å². The number of nitrogens with zero attached hydrogens (tertiary/aromatic N) is 1. The second kappa shape index (κ2) is 4.57. The molecule has 1 rings (SSSR count). The van der Waals surface area contributed by atoms with Crippen LogP contribution in [0.1, 0.15) is 12.0 Å². The van der Waals surface area contributed by atoms with E-state index < -0.39 is 4.92 Å². The zero-order chi connectivity index (χ0) is 10.6. The summed E-state index contributed by atoms with van der Waals surface area (Å²) in [5.41, 5.74) is 0.185. The first-order valence-electron chi connectivity index (χ1n) is 4.23. The van der Waals surface area contributed by atoms with Crippen molar-refractivity contribution in [2.45, 2.75) is 12.8 Å². The molecule has 0 aromatic heterocycles. The second-order valence-electron chi connectivity index (χ2n) is 2.86. The smallest absolute Gasteiger partial charge is 0.276 e. The molecule has 0 saturated carbocycles. The maximum Gasteiger partial charge on any atom is 0.276 e. The van der Waals surface area contributed by atoms with Crippen molar-refractivity contribution in [3.05, 3.63) is 33.9 Å². The minimum atomic E-state index is -0.535. The zero-order valence-electron chi connectivity index (χ0n) is 7.51. The van der Waals surface area contributed by atoms with Gasteiger partial charge >= 0.3 is 0 Å². The first kappa shape index (κ1) is 10.5. The third kappa shape index (κ3) is 2.20. The molecule has 0 atom stereocenters. The van der Waals surface area contributed by atoms with E-state index in [-0.39, 0.29) is 23.6 Å². The average molecular weight is 197 g/mol.